The first-order chi connectivity index (χ1) is 9.69. The Morgan fingerprint density at radius 2 is 2.05 bits per heavy atom. The number of thiophene rings is 1. The summed E-state index contributed by atoms with van der Waals surface area (Å²) >= 11 is 7.59. The van der Waals surface area contributed by atoms with E-state index in [1.165, 1.54) is 37.5 Å². The summed E-state index contributed by atoms with van der Waals surface area (Å²) in [7, 11) is 0. The van der Waals surface area contributed by atoms with Gasteiger partial charge in [0.2, 0.25) is 0 Å². The first-order valence-electron chi connectivity index (χ1n) is 7.60. The highest BCUT2D eigenvalue weighted by Crippen LogP contribution is 2.20. The van der Waals surface area contributed by atoms with Crippen molar-refractivity contribution < 1.29 is 0 Å². The first-order valence-corrected chi connectivity index (χ1v) is 8.80. The normalized spacial score (nSPS) is 19.4. The van der Waals surface area contributed by atoms with Crippen LogP contribution in [-0.4, -0.2) is 55.1 Å². The van der Waals surface area contributed by atoms with Gasteiger partial charge in [-0.3, -0.25) is 9.80 Å². The summed E-state index contributed by atoms with van der Waals surface area (Å²) in [4.78, 5) is 6.49. The Balaban J connectivity index is 1.57. The van der Waals surface area contributed by atoms with Crippen molar-refractivity contribution in [2.45, 2.75) is 32.9 Å². The van der Waals surface area contributed by atoms with Crippen LogP contribution in [0.3, 0.4) is 0 Å². The van der Waals surface area contributed by atoms with E-state index in [1.807, 2.05) is 6.07 Å². The summed E-state index contributed by atoms with van der Waals surface area (Å²) in [5.41, 5.74) is 0. The third-order valence-electron chi connectivity index (χ3n) is 4.15. The van der Waals surface area contributed by atoms with Crippen molar-refractivity contribution in [2.75, 3.05) is 39.3 Å². The molecule has 1 saturated heterocycles. The SMILES string of the molecule is CCC(C)N1CCN(CCNCc2ccc(Cl)s2)CC1. The molecular weight excluding hydrogens is 290 g/mol. The Hall–Kier alpha value is -0.130. The van der Waals surface area contributed by atoms with Gasteiger partial charge in [-0.2, -0.15) is 0 Å². The number of hydrogen-bond donors (Lipinski definition) is 1. The van der Waals surface area contributed by atoms with Crippen LogP contribution in [0, 0.1) is 0 Å². The Bertz CT molecular complexity index is 388. The molecule has 2 heterocycles. The second kappa shape index (κ2) is 8.35. The molecule has 3 nitrogen and oxygen atoms in total. The average molecular weight is 316 g/mol. The van der Waals surface area contributed by atoms with Crippen molar-refractivity contribution in [1.29, 1.82) is 0 Å². The molecule has 1 aliphatic heterocycles. The molecule has 0 aliphatic carbocycles. The van der Waals surface area contributed by atoms with Gasteiger partial charge in [0.15, 0.2) is 0 Å². The maximum Gasteiger partial charge on any atom is 0.0931 e. The lowest BCUT2D eigenvalue weighted by molar-refractivity contribution is 0.101. The van der Waals surface area contributed by atoms with E-state index in [2.05, 4.69) is 35.0 Å². The van der Waals surface area contributed by atoms with Crippen molar-refractivity contribution in [3.8, 4) is 0 Å². The molecule has 1 atom stereocenters. The highest BCUT2D eigenvalue weighted by atomic mass is 35.5. The smallest absolute Gasteiger partial charge is 0.0931 e. The highest BCUT2D eigenvalue weighted by molar-refractivity contribution is 7.16. The van der Waals surface area contributed by atoms with E-state index >= 15 is 0 Å². The predicted molar refractivity (Wildman–Crippen MR) is 88.8 cm³/mol. The third-order valence-corrected chi connectivity index (χ3v) is 5.39. The Morgan fingerprint density at radius 3 is 2.65 bits per heavy atom. The van der Waals surface area contributed by atoms with Crippen LogP contribution in [-0.2, 0) is 6.54 Å². The lowest BCUT2D eigenvalue weighted by atomic mass is 10.2. The zero-order valence-electron chi connectivity index (χ0n) is 12.6. The summed E-state index contributed by atoms with van der Waals surface area (Å²) in [5, 5.41) is 3.50. The second-order valence-electron chi connectivity index (χ2n) is 5.52. The predicted octanol–water partition coefficient (Wildman–Crippen LogP) is 2.91. The maximum absolute atomic E-state index is 5.92. The van der Waals surface area contributed by atoms with Crippen LogP contribution in [0.4, 0.5) is 0 Å². The molecule has 0 bridgehead atoms. The van der Waals surface area contributed by atoms with Gasteiger partial charge in [-0.1, -0.05) is 18.5 Å². The van der Waals surface area contributed by atoms with E-state index in [0.29, 0.717) is 0 Å². The summed E-state index contributed by atoms with van der Waals surface area (Å²) in [6.45, 7) is 12.6. The molecule has 1 N–H and O–H groups in total. The van der Waals surface area contributed by atoms with Gasteiger partial charge in [-0.15, -0.1) is 11.3 Å². The lowest BCUT2D eigenvalue weighted by Crippen LogP contribution is -2.50. The van der Waals surface area contributed by atoms with Crippen molar-refractivity contribution in [1.82, 2.24) is 15.1 Å². The third kappa shape index (κ3) is 5.01. The molecular formula is C15H26ClN3S. The van der Waals surface area contributed by atoms with E-state index in [4.69, 9.17) is 11.6 Å². The standard InChI is InChI=1S/C15H26ClN3S/c1-3-13(2)19-10-8-18(9-11-19)7-6-17-12-14-4-5-15(16)20-14/h4-5,13,17H,3,6-12H2,1-2H3. The van der Waals surface area contributed by atoms with E-state index in [9.17, 15) is 0 Å². The monoisotopic (exact) mass is 315 g/mol. The molecule has 1 aromatic heterocycles. The molecule has 1 fully saturated rings. The topological polar surface area (TPSA) is 18.5 Å². The van der Waals surface area contributed by atoms with Gasteiger partial charge in [-0.25, -0.2) is 0 Å². The van der Waals surface area contributed by atoms with Crippen molar-refractivity contribution in [3.63, 3.8) is 0 Å². The van der Waals surface area contributed by atoms with Crippen LogP contribution in [0.25, 0.3) is 0 Å². The molecule has 0 radical (unpaired) electrons. The molecule has 0 aromatic carbocycles. The van der Waals surface area contributed by atoms with Crippen molar-refractivity contribution in [2.24, 2.45) is 0 Å². The van der Waals surface area contributed by atoms with Crippen molar-refractivity contribution >= 4 is 22.9 Å². The number of rotatable bonds is 7. The molecule has 0 spiro atoms. The summed E-state index contributed by atoms with van der Waals surface area (Å²) in [6.07, 6.45) is 1.25. The molecule has 114 valence electrons. The van der Waals surface area contributed by atoms with Crippen molar-refractivity contribution in [3.05, 3.63) is 21.3 Å². The van der Waals surface area contributed by atoms with Gasteiger partial charge in [0, 0.05) is 56.7 Å². The minimum atomic E-state index is 0.735. The van der Waals surface area contributed by atoms with Gasteiger partial charge < -0.3 is 5.32 Å². The number of piperazine rings is 1. The quantitative estimate of drug-likeness (QED) is 0.781. The van der Waals surface area contributed by atoms with E-state index in [-0.39, 0.29) is 0 Å². The Kier molecular flexibility index (Phi) is 6.78. The molecule has 5 heteroatoms. The fourth-order valence-corrected chi connectivity index (χ4v) is 3.64. The van der Waals surface area contributed by atoms with Crippen LogP contribution in [0.2, 0.25) is 4.34 Å². The van der Waals surface area contributed by atoms with Crippen LogP contribution in [0.5, 0.6) is 0 Å². The van der Waals surface area contributed by atoms with Gasteiger partial charge in [0.1, 0.15) is 0 Å². The fraction of sp³-hybridized carbons (Fsp3) is 0.733. The molecule has 20 heavy (non-hydrogen) atoms. The zero-order valence-corrected chi connectivity index (χ0v) is 14.1. The Labute approximate surface area is 131 Å². The largest absolute Gasteiger partial charge is 0.311 e. The van der Waals surface area contributed by atoms with Gasteiger partial charge >= 0.3 is 0 Å². The van der Waals surface area contributed by atoms with Crippen LogP contribution < -0.4 is 5.32 Å². The second-order valence-corrected chi connectivity index (χ2v) is 7.32. The van der Waals surface area contributed by atoms with E-state index in [0.717, 1.165) is 30.0 Å². The molecule has 0 amide bonds. The first kappa shape index (κ1) is 16.2. The average Bonchev–Trinajstić information content (AvgIpc) is 2.89. The number of hydrogen-bond acceptors (Lipinski definition) is 4. The molecule has 0 saturated carbocycles. The van der Waals surface area contributed by atoms with E-state index < -0.39 is 0 Å². The number of halogens is 1. The molecule has 1 aliphatic rings. The summed E-state index contributed by atoms with van der Waals surface area (Å²) in [5.74, 6) is 0. The lowest BCUT2D eigenvalue weighted by Gasteiger charge is -2.37. The van der Waals surface area contributed by atoms with Gasteiger partial charge in [0.25, 0.3) is 0 Å². The van der Waals surface area contributed by atoms with Crippen LogP contribution in [0.1, 0.15) is 25.1 Å². The van der Waals surface area contributed by atoms with Gasteiger partial charge in [0.05, 0.1) is 4.34 Å². The van der Waals surface area contributed by atoms with Crippen LogP contribution >= 0.6 is 22.9 Å². The summed E-state index contributed by atoms with van der Waals surface area (Å²) in [6, 6.07) is 4.81. The highest BCUT2D eigenvalue weighted by Gasteiger charge is 2.19. The molecule has 2 rings (SSSR count). The molecule has 1 aromatic rings. The number of nitrogens with one attached hydrogen (secondary N) is 1. The fourth-order valence-electron chi connectivity index (χ4n) is 2.58. The van der Waals surface area contributed by atoms with E-state index in [1.54, 1.807) is 11.3 Å². The minimum Gasteiger partial charge on any atom is -0.311 e. The minimum absolute atomic E-state index is 0.735. The van der Waals surface area contributed by atoms with Crippen LogP contribution in [0.15, 0.2) is 12.1 Å². The Morgan fingerprint density at radius 1 is 1.30 bits per heavy atom. The zero-order chi connectivity index (χ0) is 14.4. The maximum atomic E-state index is 5.92. The molecule has 1 unspecified atom stereocenters. The summed E-state index contributed by atoms with van der Waals surface area (Å²) < 4.78 is 0.878. The van der Waals surface area contributed by atoms with Gasteiger partial charge in [-0.05, 0) is 25.5 Å². The number of nitrogens with zero attached hydrogens (tertiary/aromatic N) is 2.